The number of hydrogen-bond acceptors (Lipinski definition) is 6. The van der Waals surface area contributed by atoms with Crippen molar-refractivity contribution in [2.75, 3.05) is 19.8 Å². The summed E-state index contributed by atoms with van der Waals surface area (Å²) < 4.78 is 37.9. The highest BCUT2D eigenvalue weighted by atomic mass is 35.5. The number of hydrogen-bond donors (Lipinski definition) is 2. The molecule has 2 atom stereocenters. The second kappa shape index (κ2) is 10.2. The summed E-state index contributed by atoms with van der Waals surface area (Å²) in [6, 6.07) is 3.75. The van der Waals surface area contributed by atoms with Gasteiger partial charge >= 0.3 is 5.97 Å². The SMILES string of the molecule is CC[C@@H](C)NC(=O)COC(=O)c1ccc(Cl)c(S(=O)(=O)NC[C@@H]2CCCO2)c1. The van der Waals surface area contributed by atoms with E-state index in [0.717, 1.165) is 25.3 Å². The van der Waals surface area contributed by atoms with Crippen LogP contribution in [-0.4, -0.2) is 52.2 Å². The zero-order chi connectivity index (χ0) is 20.7. The van der Waals surface area contributed by atoms with Gasteiger partial charge in [0, 0.05) is 19.2 Å². The highest BCUT2D eigenvalue weighted by Crippen LogP contribution is 2.23. The fourth-order valence-electron chi connectivity index (χ4n) is 2.55. The zero-order valence-corrected chi connectivity index (χ0v) is 17.4. The van der Waals surface area contributed by atoms with Crippen molar-refractivity contribution in [3.63, 3.8) is 0 Å². The van der Waals surface area contributed by atoms with Crippen molar-refractivity contribution in [3.05, 3.63) is 28.8 Å². The van der Waals surface area contributed by atoms with E-state index in [9.17, 15) is 18.0 Å². The van der Waals surface area contributed by atoms with Gasteiger partial charge in [0.05, 0.1) is 16.7 Å². The lowest BCUT2D eigenvalue weighted by Gasteiger charge is -2.13. The molecule has 2 N–H and O–H groups in total. The molecule has 1 aromatic carbocycles. The minimum absolute atomic E-state index is 0.0155. The monoisotopic (exact) mass is 432 g/mol. The van der Waals surface area contributed by atoms with Crippen molar-refractivity contribution < 1.29 is 27.5 Å². The molecule has 28 heavy (non-hydrogen) atoms. The van der Waals surface area contributed by atoms with Gasteiger partial charge in [0.15, 0.2) is 6.61 Å². The number of nitrogens with one attached hydrogen (secondary N) is 2. The second-order valence-electron chi connectivity index (χ2n) is 6.59. The van der Waals surface area contributed by atoms with Gasteiger partial charge in [0.1, 0.15) is 4.90 Å². The topological polar surface area (TPSA) is 111 Å². The summed E-state index contributed by atoms with van der Waals surface area (Å²) in [5.74, 6) is -1.24. The van der Waals surface area contributed by atoms with Crippen LogP contribution in [-0.2, 0) is 24.3 Å². The number of esters is 1. The summed E-state index contributed by atoms with van der Waals surface area (Å²) in [6.07, 6.45) is 2.24. The first-order chi connectivity index (χ1) is 13.2. The molecule has 10 heteroatoms. The summed E-state index contributed by atoms with van der Waals surface area (Å²) in [6.45, 7) is 4.03. The summed E-state index contributed by atoms with van der Waals surface area (Å²) in [7, 11) is -3.93. The molecule has 1 aromatic rings. The van der Waals surface area contributed by atoms with Gasteiger partial charge in [-0.3, -0.25) is 4.79 Å². The molecule has 1 fully saturated rings. The molecule has 1 saturated heterocycles. The van der Waals surface area contributed by atoms with E-state index in [0.29, 0.717) is 6.61 Å². The normalized spacial score (nSPS) is 17.9. The Balaban J connectivity index is 2.02. The highest BCUT2D eigenvalue weighted by Gasteiger charge is 2.24. The molecule has 1 heterocycles. The van der Waals surface area contributed by atoms with Crippen LogP contribution in [0.5, 0.6) is 0 Å². The molecule has 0 bridgehead atoms. The van der Waals surface area contributed by atoms with Crippen LogP contribution in [0, 0.1) is 0 Å². The van der Waals surface area contributed by atoms with Crippen LogP contribution < -0.4 is 10.0 Å². The van der Waals surface area contributed by atoms with Crippen LogP contribution in [0.3, 0.4) is 0 Å². The first-order valence-electron chi connectivity index (χ1n) is 9.10. The molecule has 8 nitrogen and oxygen atoms in total. The van der Waals surface area contributed by atoms with Crippen molar-refractivity contribution in [2.24, 2.45) is 0 Å². The average molecular weight is 433 g/mol. The molecule has 0 unspecified atom stereocenters. The van der Waals surface area contributed by atoms with Crippen molar-refractivity contribution in [1.82, 2.24) is 10.0 Å². The fourth-order valence-corrected chi connectivity index (χ4v) is 4.14. The first kappa shape index (κ1) is 22.6. The van der Waals surface area contributed by atoms with Crippen LogP contribution >= 0.6 is 11.6 Å². The van der Waals surface area contributed by atoms with E-state index in [1.807, 2.05) is 13.8 Å². The van der Waals surface area contributed by atoms with E-state index in [-0.39, 0.29) is 34.2 Å². The van der Waals surface area contributed by atoms with Gasteiger partial charge < -0.3 is 14.8 Å². The number of ether oxygens (including phenoxy) is 2. The standard InChI is InChI=1S/C18H25ClN2O6S/c1-3-12(2)21-17(22)11-27-18(23)13-6-7-15(19)16(9-13)28(24,25)20-10-14-5-4-8-26-14/h6-7,9,12,14,20H,3-5,8,10-11H2,1-2H3,(H,21,22)/t12-,14+/m1/s1. The number of rotatable bonds is 9. The molecule has 0 radical (unpaired) electrons. The third-order valence-electron chi connectivity index (χ3n) is 4.34. The van der Waals surface area contributed by atoms with Gasteiger partial charge in [-0.2, -0.15) is 0 Å². The van der Waals surface area contributed by atoms with Crippen LogP contribution in [0.2, 0.25) is 5.02 Å². The number of benzene rings is 1. The zero-order valence-electron chi connectivity index (χ0n) is 15.9. The minimum atomic E-state index is -3.93. The van der Waals surface area contributed by atoms with Gasteiger partial charge in [0.2, 0.25) is 10.0 Å². The molecule has 0 aromatic heterocycles. The number of halogens is 1. The maximum absolute atomic E-state index is 12.5. The molecule has 0 saturated carbocycles. The van der Waals surface area contributed by atoms with Crippen molar-refractivity contribution in [2.45, 2.75) is 50.2 Å². The van der Waals surface area contributed by atoms with E-state index >= 15 is 0 Å². The van der Waals surface area contributed by atoms with E-state index < -0.39 is 28.5 Å². The van der Waals surface area contributed by atoms with E-state index in [1.165, 1.54) is 12.1 Å². The smallest absolute Gasteiger partial charge is 0.338 e. The number of sulfonamides is 1. The van der Waals surface area contributed by atoms with Crippen LogP contribution in [0.15, 0.2) is 23.1 Å². The molecule has 2 rings (SSSR count). The maximum Gasteiger partial charge on any atom is 0.338 e. The van der Waals surface area contributed by atoms with Crippen LogP contribution in [0.25, 0.3) is 0 Å². The molecule has 0 aliphatic carbocycles. The Morgan fingerprint density at radius 3 is 2.79 bits per heavy atom. The molecule has 1 aliphatic heterocycles. The van der Waals surface area contributed by atoms with Gasteiger partial charge in [-0.05, 0) is 44.4 Å². The Morgan fingerprint density at radius 2 is 2.14 bits per heavy atom. The van der Waals surface area contributed by atoms with E-state index in [1.54, 1.807) is 0 Å². The fraction of sp³-hybridized carbons (Fsp3) is 0.556. The summed E-state index contributed by atoms with van der Waals surface area (Å²) in [5, 5.41) is 2.65. The molecule has 1 aliphatic rings. The van der Waals surface area contributed by atoms with Crippen molar-refractivity contribution in [3.8, 4) is 0 Å². The Hall–Kier alpha value is -1.68. The maximum atomic E-state index is 12.5. The van der Waals surface area contributed by atoms with Crippen LogP contribution in [0.1, 0.15) is 43.5 Å². The highest BCUT2D eigenvalue weighted by molar-refractivity contribution is 7.89. The van der Waals surface area contributed by atoms with Crippen molar-refractivity contribution >= 4 is 33.5 Å². The van der Waals surface area contributed by atoms with Gasteiger partial charge in [-0.1, -0.05) is 18.5 Å². The lowest BCUT2D eigenvalue weighted by molar-refractivity contribution is -0.124. The molecular weight excluding hydrogens is 408 g/mol. The van der Waals surface area contributed by atoms with Gasteiger partial charge in [0.25, 0.3) is 5.91 Å². The third-order valence-corrected chi connectivity index (χ3v) is 6.24. The second-order valence-corrected chi connectivity index (χ2v) is 8.73. The van der Waals surface area contributed by atoms with Gasteiger partial charge in [-0.15, -0.1) is 0 Å². The predicted octanol–water partition coefficient (Wildman–Crippen LogP) is 1.87. The number of carbonyl (C=O) groups is 2. The molecular formula is C18H25ClN2O6S. The Kier molecular flexibility index (Phi) is 8.23. The Bertz CT molecular complexity index is 808. The number of amides is 1. The average Bonchev–Trinajstić information content (AvgIpc) is 3.18. The Labute approximate surface area is 170 Å². The minimum Gasteiger partial charge on any atom is -0.452 e. The summed E-state index contributed by atoms with van der Waals surface area (Å²) in [4.78, 5) is 23.7. The largest absolute Gasteiger partial charge is 0.452 e. The van der Waals surface area contributed by atoms with Crippen LogP contribution in [0.4, 0.5) is 0 Å². The Morgan fingerprint density at radius 1 is 1.39 bits per heavy atom. The number of carbonyl (C=O) groups excluding carboxylic acids is 2. The van der Waals surface area contributed by atoms with Crippen molar-refractivity contribution in [1.29, 1.82) is 0 Å². The quantitative estimate of drug-likeness (QED) is 0.576. The first-order valence-corrected chi connectivity index (χ1v) is 11.0. The lowest BCUT2D eigenvalue weighted by atomic mass is 10.2. The van der Waals surface area contributed by atoms with E-state index in [2.05, 4.69) is 10.0 Å². The molecule has 156 valence electrons. The predicted molar refractivity (Wildman–Crippen MR) is 104 cm³/mol. The molecule has 1 amide bonds. The summed E-state index contributed by atoms with van der Waals surface area (Å²) >= 11 is 6.01. The summed E-state index contributed by atoms with van der Waals surface area (Å²) in [5.41, 5.74) is -0.0155. The van der Waals surface area contributed by atoms with Gasteiger partial charge in [-0.25, -0.2) is 17.9 Å². The lowest BCUT2D eigenvalue weighted by Crippen LogP contribution is -2.35. The molecule has 0 spiro atoms. The van der Waals surface area contributed by atoms with E-state index in [4.69, 9.17) is 21.1 Å². The third kappa shape index (κ3) is 6.44.